The van der Waals surface area contributed by atoms with E-state index in [1.165, 1.54) is 12.1 Å². The van der Waals surface area contributed by atoms with E-state index in [4.69, 9.17) is 8.94 Å². The van der Waals surface area contributed by atoms with Crippen molar-refractivity contribution in [1.29, 1.82) is 0 Å². The Morgan fingerprint density at radius 3 is 2.48 bits per heavy atom. The van der Waals surface area contributed by atoms with Crippen molar-refractivity contribution in [2.24, 2.45) is 0 Å². The normalized spacial score (nSPS) is 11.6. The highest BCUT2D eigenvalue weighted by atomic mass is 32.2. The Hall–Kier alpha value is -2.54. The summed E-state index contributed by atoms with van der Waals surface area (Å²) >= 11 is 0. The largest absolute Gasteiger partial charge is 0.439 e. The first kappa shape index (κ1) is 15.4. The number of hydrogen-bond donors (Lipinski definition) is 1. The number of sulfonamides is 1. The molecule has 3 aromatic rings. The second-order valence-electron chi connectivity index (χ2n) is 5.38. The van der Waals surface area contributed by atoms with E-state index in [2.05, 4.69) is 9.88 Å². The highest BCUT2D eigenvalue weighted by Crippen LogP contribution is 2.27. The van der Waals surface area contributed by atoms with Crippen molar-refractivity contribution in [1.82, 2.24) is 5.16 Å². The average Bonchev–Trinajstić information content (AvgIpc) is 3.11. The summed E-state index contributed by atoms with van der Waals surface area (Å²) in [7, 11) is -3.81. The first-order valence-electron chi connectivity index (χ1n) is 6.99. The summed E-state index contributed by atoms with van der Waals surface area (Å²) in [4.78, 5) is 0. The maximum Gasteiger partial charge on any atom is 0.295 e. The molecule has 1 N–H and O–H groups in total. The molecule has 6 nitrogen and oxygen atoms in total. The molecule has 23 heavy (non-hydrogen) atoms. The predicted octanol–water partition coefficient (Wildman–Crippen LogP) is 3.66. The van der Waals surface area contributed by atoms with Crippen molar-refractivity contribution in [3.8, 4) is 11.5 Å². The van der Waals surface area contributed by atoms with Gasteiger partial charge in [0, 0.05) is 6.07 Å². The number of nitrogens with one attached hydrogen (secondary N) is 1. The van der Waals surface area contributed by atoms with Crippen molar-refractivity contribution >= 4 is 15.7 Å². The van der Waals surface area contributed by atoms with E-state index in [0.717, 1.165) is 11.1 Å². The van der Waals surface area contributed by atoms with E-state index < -0.39 is 10.0 Å². The van der Waals surface area contributed by atoms with Crippen LogP contribution in [0.2, 0.25) is 0 Å². The number of benzene rings is 1. The minimum absolute atomic E-state index is 0.178. The van der Waals surface area contributed by atoms with Crippen molar-refractivity contribution in [2.75, 3.05) is 4.72 Å². The van der Waals surface area contributed by atoms with Crippen molar-refractivity contribution in [3.63, 3.8) is 0 Å². The number of rotatable bonds is 4. The summed E-state index contributed by atoms with van der Waals surface area (Å²) in [5, 5.41) is 3.58. The van der Waals surface area contributed by atoms with Gasteiger partial charge in [-0.15, -0.1) is 0 Å². The predicted molar refractivity (Wildman–Crippen MR) is 85.7 cm³/mol. The Morgan fingerprint density at radius 2 is 1.78 bits per heavy atom. The van der Waals surface area contributed by atoms with E-state index in [1.54, 1.807) is 19.1 Å². The van der Waals surface area contributed by atoms with Crippen LogP contribution in [0.25, 0.3) is 11.5 Å². The molecule has 0 aliphatic heterocycles. The van der Waals surface area contributed by atoms with Gasteiger partial charge in [0.25, 0.3) is 10.0 Å². The monoisotopic (exact) mass is 332 g/mol. The van der Waals surface area contributed by atoms with Gasteiger partial charge in [-0.1, -0.05) is 17.3 Å². The lowest BCUT2D eigenvalue weighted by Crippen LogP contribution is -2.13. The second-order valence-corrected chi connectivity index (χ2v) is 6.99. The zero-order chi connectivity index (χ0) is 16.6. The molecule has 2 aromatic heterocycles. The molecule has 0 bridgehead atoms. The molecule has 3 rings (SSSR count). The Morgan fingerprint density at radius 1 is 1.00 bits per heavy atom. The van der Waals surface area contributed by atoms with Crippen LogP contribution < -0.4 is 4.72 Å². The lowest BCUT2D eigenvalue weighted by molar-refractivity contribution is 0.398. The molecule has 120 valence electrons. The van der Waals surface area contributed by atoms with E-state index in [0.29, 0.717) is 22.9 Å². The fourth-order valence-corrected chi connectivity index (χ4v) is 3.17. The van der Waals surface area contributed by atoms with E-state index in [-0.39, 0.29) is 5.09 Å². The summed E-state index contributed by atoms with van der Waals surface area (Å²) in [5.74, 6) is 0.697. The van der Waals surface area contributed by atoms with Crippen LogP contribution in [0.1, 0.15) is 16.8 Å². The van der Waals surface area contributed by atoms with Gasteiger partial charge >= 0.3 is 0 Å². The number of nitrogens with zero attached hydrogens (tertiary/aromatic N) is 1. The van der Waals surface area contributed by atoms with Gasteiger partial charge in [0.1, 0.15) is 0 Å². The van der Waals surface area contributed by atoms with Gasteiger partial charge in [-0.25, -0.2) is 0 Å². The highest BCUT2D eigenvalue weighted by Gasteiger charge is 2.21. The number of anilines is 1. The van der Waals surface area contributed by atoms with E-state index >= 15 is 0 Å². The number of aromatic nitrogens is 1. The summed E-state index contributed by atoms with van der Waals surface area (Å²) in [6, 6.07) is 10.2. The number of hydrogen-bond acceptors (Lipinski definition) is 5. The van der Waals surface area contributed by atoms with Crippen molar-refractivity contribution in [2.45, 2.75) is 25.9 Å². The van der Waals surface area contributed by atoms with Crippen molar-refractivity contribution in [3.05, 3.63) is 53.2 Å². The maximum absolute atomic E-state index is 12.5. The van der Waals surface area contributed by atoms with Crippen LogP contribution in [0.3, 0.4) is 0 Å². The van der Waals surface area contributed by atoms with Crippen LogP contribution in [0.4, 0.5) is 5.69 Å². The van der Waals surface area contributed by atoms with Crippen molar-refractivity contribution < 1.29 is 17.4 Å². The molecule has 2 heterocycles. The Labute approximate surface area is 134 Å². The third-order valence-electron chi connectivity index (χ3n) is 3.35. The van der Waals surface area contributed by atoms with Crippen LogP contribution in [-0.4, -0.2) is 13.6 Å². The van der Waals surface area contributed by atoms with Crippen LogP contribution >= 0.6 is 0 Å². The van der Waals surface area contributed by atoms with Gasteiger partial charge in [-0.3, -0.25) is 4.72 Å². The van der Waals surface area contributed by atoms with Crippen LogP contribution in [0.15, 0.2) is 50.4 Å². The third-order valence-corrected chi connectivity index (χ3v) is 4.59. The number of furan rings is 1. The summed E-state index contributed by atoms with van der Waals surface area (Å²) in [6.07, 6.45) is 0. The summed E-state index contributed by atoms with van der Waals surface area (Å²) < 4.78 is 38.0. The fraction of sp³-hybridized carbons (Fsp3) is 0.188. The van der Waals surface area contributed by atoms with E-state index in [9.17, 15) is 8.42 Å². The van der Waals surface area contributed by atoms with Gasteiger partial charge in [0.2, 0.25) is 10.9 Å². The molecular weight excluding hydrogens is 316 g/mol. The molecule has 0 unspecified atom stereocenters. The molecule has 1 aromatic carbocycles. The molecule has 0 saturated heterocycles. The molecule has 0 aliphatic carbocycles. The minimum atomic E-state index is -3.81. The van der Waals surface area contributed by atoms with Crippen LogP contribution in [0, 0.1) is 20.8 Å². The van der Waals surface area contributed by atoms with Gasteiger partial charge in [0.05, 0.1) is 11.4 Å². The molecule has 0 saturated carbocycles. The topological polar surface area (TPSA) is 85.3 Å². The molecular formula is C16H16N2O4S. The lowest BCUT2D eigenvalue weighted by atomic mass is 10.1. The Kier molecular flexibility index (Phi) is 3.73. The number of aryl methyl sites for hydroxylation is 3. The van der Waals surface area contributed by atoms with Crippen LogP contribution in [0.5, 0.6) is 0 Å². The quantitative estimate of drug-likeness (QED) is 0.788. The van der Waals surface area contributed by atoms with Gasteiger partial charge in [-0.05, 0) is 50.1 Å². The first-order valence-corrected chi connectivity index (χ1v) is 8.47. The van der Waals surface area contributed by atoms with Gasteiger partial charge < -0.3 is 8.94 Å². The van der Waals surface area contributed by atoms with Gasteiger partial charge in [-0.2, -0.15) is 8.42 Å². The first-order chi connectivity index (χ1) is 10.8. The molecule has 0 amide bonds. The lowest BCUT2D eigenvalue weighted by Gasteiger charge is -2.09. The second kappa shape index (κ2) is 5.58. The Bertz CT molecular complexity index is 954. The molecule has 0 radical (unpaired) electrons. The minimum Gasteiger partial charge on any atom is -0.439 e. The van der Waals surface area contributed by atoms with E-state index in [1.807, 2.05) is 26.0 Å². The molecule has 7 heteroatoms. The standard InChI is InChI=1S/C16H16N2O4S/c1-10-4-5-11(2)13(8-10)18-23(19,20)16-7-6-14(21-16)15-9-12(3)17-22-15/h4-9,18H,1-3H3. The zero-order valence-electron chi connectivity index (χ0n) is 13.0. The summed E-state index contributed by atoms with van der Waals surface area (Å²) in [5.41, 5.74) is 3.01. The molecule has 0 atom stereocenters. The smallest absolute Gasteiger partial charge is 0.295 e. The summed E-state index contributed by atoms with van der Waals surface area (Å²) in [6.45, 7) is 5.51. The third kappa shape index (κ3) is 3.14. The molecule has 0 fully saturated rings. The van der Waals surface area contributed by atoms with Crippen LogP contribution in [-0.2, 0) is 10.0 Å². The SMILES string of the molecule is Cc1ccc(C)c(NS(=O)(=O)c2ccc(-c3cc(C)no3)o2)c1. The highest BCUT2D eigenvalue weighted by molar-refractivity contribution is 7.92. The average molecular weight is 332 g/mol. The Balaban J connectivity index is 1.91. The zero-order valence-corrected chi connectivity index (χ0v) is 13.8. The molecule has 0 spiro atoms. The fourth-order valence-electron chi connectivity index (χ4n) is 2.12. The van der Waals surface area contributed by atoms with Gasteiger partial charge in [0.15, 0.2) is 5.76 Å². The maximum atomic E-state index is 12.5. The molecule has 0 aliphatic rings.